The van der Waals surface area contributed by atoms with Gasteiger partial charge in [-0.05, 0) is 129 Å². The first-order valence-corrected chi connectivity index (χ1v) is 44.6. The molecule has 682 valence electrons. The molecule has 5 aromatic carbocycles. The highest BCUT2D eigenvalue weighted by Gasteiger charge is 2.46. The smallest absolute Gasteiger partial charge is 0.246 e. The molecular formula is C94H122N20O14. The van der Waals surface area contributed by atoms with Gasteiger partial charge in [-0.25, -0.2) is 0 Å². The maximum Gasteiger partial charge on any atom is 0.246 e. The molecule has 0 bridgehead atoms. The molecule has 19 N–H and O–H groups in total. The molecule has 5 aliphatic heterocycles. The summed E-state index contributed by atoms with van der Waals surface area (Å²) >= 11 is 0. The number of aromatic amines is 2. The van der Waals surface area contributed by atoms with Crippen LogP contribution in [0.15, 0.2) is 156 Å². The zero-order chi connectivity index (χ0) is 91.3. The lowest BCUT2D eigenvalue weighted by Crippen LogP contribution is -2.60. The van der Waals surface area contributed by atoms with Crippen LogP contribution < -0.4 is 70.8 Å². The Balaban J connectivity index is 0.000000249. The predicted octanol–water partition coefficient (Wildman–Crippen LogP) is 3.54. The minimum absolute atomic E-state index is 0.0866. The van der Waals surface area contributed by atoms with E-state index >= 15 is 0 Å². The fraction of sp³-hybridized carbons (Fsp3) is 0.468. The molecular weight excluding hydrogens is 1630 g/mol. The third-order valence-electron chi connectivity index (χ3n) is 24.3. The molecule has 2 aromatic heterocycles. The quantitative estimate of drug-likeness (QED) is 0.0221. The number of nitrogens with one attached hydrogen (secondary N) is 11. The Labute approximate surface area is 744 Å². The molecule has 0 saturated carbocycles. The number of benzene rings is 5. The number of fused-ring (bicyclic) bond motifs is 6. The van der Waals surface area contributed by atoms with Crippen LogP contribution in [0.1, 0.15) is 163 Å². The number of nitrogens with zero attached hydrogens (tertiary/aromatic N) is 5. The maximum absolute atomic E-state index is 15.0. The van der Waals surface area contributed by atoms with Gasteiger partial charge < -0.3 is 95.5 Å². The Bertz CT molecular complexity index is 5140. The van der Waals surface area contributed by atoms with E-state index in [1.807, 2.05) is 147 Å². The number of unbranched alkanes of at least 4 members (excludes halogenated alkanes) is 1. The van der Waals surface area contributed by atoms with E-state index in [0.717, 1.165) is 61.6 Å². The van der Waals surface area contributed by atoms with Crippen molar-refractivity contribution in [1.82, 2.24) is 72.5 Å². The van der Waals surface area contributed by atoms with Crippen LogP contribution in [0.2, 0.25) is 0 Å². The number of Topliss-reactive ketones (excluding diaryl/α,β-unsaturated/α-hetero) is 2. The second kappa shape index (κ2) is 46.8. The van der Waals surface area contributed by atoms with Crippen molar-refractivity contribution < 1.29 is 67.1 Å². The number of aromatic nitrogens is 2. The van der Waals surface area contributed by atoms with Crippen LogP contribution in [0.5, 0.6) is 0 Å². The van der Waals surface area contributed by atoms with Crippen molar-refractivity contribution >= 4 is 116 Å². The average Bonchev–Trinajstić information content (AvgIpc) is 1.36. The highest BCUT2D eigenvalue weighted by Crippen LogP contribution is 2.32. The number of nitrogens with two attached hydrogens (primary N) is 4. The highest BCUT2D eigenvalue weighted by molar-refractivity contribution is 6.01. The van der Waals surface area contributed by atoms with Crippen LogP contribution in [-0.4, -0.2) is 219 Å². The van der Waals surface area contributed by atoms with E-state index in [0.29, 0.717) is 44.9 Å². The summed E-state index contributed by atoms with van der Waals surface area (Å²) in [7, 11) is 0. The number of para-hydroxylation sites is 2. The zero-order valence-electron chi connectivity index (χ0n) is 73.1. The van der Waals surface area contributed by atoms with Crippen molar-refractivity contribution in [3.63, 3.8) is 0 Å². The molecule has 5 aliphatic rings. The molecule has 34 heteroatoms. The first-order valence-electron chi connectivity index (χ1n) is 44.6. The Morgan fingerprint density at radius 3 is 1.35 bits per heavy atom. The summed E-state index contributed by atoms with van der Waals surface area (Å²) in [6.07, 6.45) is 9.25. The average molecular weight is 1760 g/mol. The van der Waals surface area contributed by atoms with E-state index in [-0.39, 0.29) is 159 Å². The number of amides is 12. The Morgan fingerprint density at radius 2 is 0.875 bits per heavy atom. The Hall–Kier alpha value is -13.3. The van der Waals surface area contributed by atoms with Gasteiger partial charge in [0.1, 0.15) is 48.3 Å². The number of carbonyl (C=O) groups is 14. The van der Waals surface area contributed by atoms with Crippen LogP contribution in [0.3, 0.4) is 0 Å². The monoisotopic (exact) mass is 1750 g/mol. The predicted molar refractivity (Wildman–Crippen MR) is 483 cm³/mol. The van der Waals surface area contributed by atoms with Crippen molar-refractivity contribution in [2.45, 2.75) is 229 Å². The number of hydrogen-bond donors (Lipinski definition) is 15. The van der Waals surface area contributed by atoms with Crippen molar-refractivity contribution in [1.29, 1.82) is 0 Å². The van der Waals surface area contributed by atoms with Gasteiger partial charge in [0.2, 0.25) is 70.9 Å². The molecule has 4 fully saturated rings. The Kier molecular flexibility index (Phi) is 34.9. The van der Waals surface area contributed by atoms with Crippen LogP contribution >= 0.6 is 0 Å². The second-order valence-electron chi connectivity index (χ2n) is 33.8. The van der Waals surface area contributed by atoms with E-state index in [2.05, 4.69) is 67.8 Å². The standard InChI is InChI=1S/C49H60N10O7.C45H62N10O7/c1-30(60)55-40(24-31-12-3-2-4-13-31)45(63)56-38-19-10-21-52-44(62)33(16-9-22-53-49(50)51)27-43(61)39(25-35-28-54-37-18-8-7-17-36(35)37)57-46(64)42-26-32-14-5-6-15-34(32)29-59(42)48(66)41-20-11-23-58(41)47(38)65;1-3-4-17-34-41(59)54-36(25-31-27-50-33-18-9-8-16-32(31)33)39(57)26-30(15-10-22-49-45(46)47)40(58)48-21-11-19-35(44(62)55-23-12-20-38(55)43(61)52-34)53-42(60)37(51-28(2)56)24-29-13-6-5-7-14-29/h2-8,12-15,17-18,28,33,38-42,54H,9-11,16,19-27,29H2,1H3,(H,52,62)(H,55,60)(H,56,63)(H,57,64)(H4,50,51,53);5-9,13-14,16,18,27,30,34-38,50H,3-4,10-12,15,17,19-26H2,1-2H3,(H,48,58)(H,51,56)(H,52,61)(H,53,60)(H,54,59)(H4,46,47,49)/t33-,38+,39+,40+,41+,42-;30-,34-,35+,36+,37+,38+/m11/s1. The van der Waals surface area contributed by atoms with Gasteiger partial charge in [0.15, 0.2) is 23.5 Å². The van der Waals surface area contributed by atoms with Gasteiger partial charge in [-0.2, -0.15) is 0 Å². The number of carbonyl (C=O) groups excluding carboxylic acids is 14. The van der Waals surface area contributed by atoms with E-state index in [9.17, 15) is 67.1 Å². The summed E-state index contributed by atoms with van der Waals surface area (Å²) in [5, 5.41) is 27.7. The number of aliphatic imine (C=N–C) groups is 2. The molecule has 0 aliphatic carbocycles. The highest BCUT2D eigenvalue weighted by atomic mass is 16.2. The number of ketones is 2. The molecule has 12 atom stereocenters. The number of rotatable bonds is 25. The lowest BCUT2D eigenvalue weighted by atomic mass is 9.89. The molecule has 0 radical (unpaired) electrons. The SMILES string of the molecule is CC(=O)N[C@@H](Cc1ccccc1)C(=O)N[C@H]1CCCNC(=O)[C@H](CCCN=C(N)N)CC(=O)[C@H](Cc2c[nH]c3ccccc23)NC(=O)[C@H]2Cc3ccccc3CN2C(=O)[C@@H]2CCCN2C1=O.CCCC[C@H]1NC(=O)[C@@H]2CCCN2C(=O)[C@@H](NC(=O)[C@H](Cc2ccccc2)NC(C)=O)CCCNC(=O)[C@H](CCCN=C(N)N)CC(=O)[C@H](Cc2c[nH]c3ccccc23)NC1=O. The molecule has 4 saturated heterocycles. The third-order valence-corrected chi connectivity index (χ3v) is 24.3. The van der Waals surface area contributed by atoms with Gasteiger partial charge in [0, 0.05) is 151 Å². The van der Waals surface area contributed by atoms with Gasteiger partial charge in [0.05, 0.1) is 12.1 Å². The van der Waals surface area contributed by atoms with E-state index in [4.69, 9.17) is 22.9 Å². The summed E-state index contributed by atoms with van der Waals surface area (Å²) in [5.74, 6) is -8.30. The molecule has 12 rings (SSSR count). The van der Waals surface area contributed by atoms with Crippen molar-refractivity contribution in [2.75, 3.05) is 39.3 Å². The van der Waals surface area contributed by atoms with Crippen molar-refractivity contribution in [3.05, 3.63) is 179 Å². The zero-order valence-corrected chi connectivity index (χ0v) is 73.1. The molecule has 0 spiro atoms. The normalized spacial score (nSPS) is 22.4. The van der Waals surface area contributed by atoms with Gasteiger partial charge >= 0.3 is 0 Å². The number of hydrogen-bond acceptors (Lipinski definition) is 16. The summed E-state index contributed by atoms with van der Waals surface area (Å²) in [5.41, 5.74) is 28.9. The lowest BCUT2D eigenvalue weighted by Gasteiger charge is -2.40. The first kappa shape index (κ1) is 95.4. The molecule has 12 amide bonds. The molecule has 7 aromatic rings. The summed E-state index contributed by atoms with van der Waals surface area (Å²) in [6, 6.07) is 30.9. The Morgan fingerprint density at radius 1 is 0.445 bits per heavy atom. The van der Waals surface area contributed by atoms with Gasteiger partial charge in [-0.1, -0.05) is 141 Å². The van der Waals surface area contributed by atoms with E-state index in [1.165, 1.54) is 28.5 Å². The molecule has 7 heterocycles. The van der Waals surface area contributed by atoms with Crippen molar-refractivity contribution in [3.8, 4) is 0 Å². The van der Waals surface area contributed by atoms with Crippen LogP contribution in [0, 0.1) is 11.8 Å². The first-order chi connectivity index (χ1) is 61.7. The minimum Gasteiger partial charge on any atom is -0.370 e. The summed E-state index contributed by atoms with van der Waals surface area (Å²) in [6.45, 7) is 5.84. The fourth-order valence-corrected chi connectivity index (χ4v) is 17.7. The maximum atomic E-state index is 15.0. The fourth-order valence-electron chi connectivity index (χ4n) is 17.7. The minimum atomic E-state index is -1.13. The van der Waals surface area contributed by atoms with Crippen LogP contribution in [0.4, 0.5) is 0 Å². The molecule has 128 heavy (non-hydrogen) atoms. The summed E-state index contributed by atoms with van der Waals surface area (Å²) in [4.78, 5) is 216. The largest absolute Gasteiger partial charge is 0.370 e. The van der Waals surface area contributed by atoms with E-state index < -0.39 is 143 Å². The number of guanidine groups is 2. The van der Waals surface area contributed by atoms with Crippen LogP contribution in [-0.2, 0) is 106 Å². The second-order valence-corrected chi connectivity index (χ2v) is 33.8. The van der Waals surface area contributed by atoms with Crippen molar-refractivity contribution in [2.24, 2.45) is 44.8 Å². The van der Waals surface area contributed by atoms with Gasteiger partial charge in [0.25, 0.3) is 0 Å². The molecule has 34 nitrogen and oxygen atoms in total. The van der Waals surface area contributed by atoms with Gasteiger partial charge in [-0.3, -0.25) is 77.1 Å². The lowest BCUT2D eigenvalue weighted by molar-refractivity contribution is -0.150. The van der Waals surface area contributed by atoms with E-state index in [1.54, 1.807) is 6.20 Å². The number of H-pyrrole nitrogens is 2. The summed E-state index contributed by atoms with van der Waals surface area (Å²) < 4.78 is 0. The van der Waals surface area contributed by atoms with Crippen LogP contribution in [0.25, 0.3) is 21.8 Å². The van der Waals surface area contributed by atoms with Gasteiger partial charge in [-0.15, -0.1) is 0 Å². The molecule has 0 unspecified atom stereocenters. The third kappa shape index (κ3) is 26.7. The topological polar surface area (TPSA) is 517 Å².